The van der Waals surface area contributed by atoms with Crippen molar-refractivity contribution in [2.45, 2.75) is 36.9 Å². The molecule has 4 atom stereocenters. The van der Waals surface area contributed by atoms with Crippen molar-refractivity contribution in [3.63, 3.8) is 0 Å². The van der Waals surface area contributed by atoms with Gasteiger partial charge < -0.3 is 9.47 Å². The fourth-order valence-electron chi connectivity index (χ4n) is 2.57. The maximum absolute atomic E-state index is 6.12. The van der Waals surface area contributed by atoms with Gasteiger partial charge in [0.25, 0.3) is 0 Å². The lowest BCUT2D eigenvalue weighted by atomic mass is 10.1. The standard InChI is InChI=1S/C22H26O2S/c1-5-21(19-13-9-7-10-14-19)23-17(3)25-18(4)24-22(6-2)20-15-11-8-12-16-20/h5-18,21-22H,1-2H2,3-4H3. The Balaban J connectivity index is 1.89. The zero-order chi connectivity index (χ0) is 18.1. The van der Waals surface area contributed by atoms with Crippen LogP contribution in [0.4, 0.5) is 0 Å². The minimum absolute atomic E-state index is 0.0283. The van der Waals surface area contributed by atoms with Crippen LogP contribution in [-0.4, -0.2) is 10.9 Å². The molecule has 0 spiro atoms. The molecular formula is C22H26O2S. The minimum atomic E-state index is -0.125. The molecule has 3 heteroatoms. The molecular weight excluding hydrogens is 328 g/mol. The largest absolute Gasteiger partial charge is 0.356 e. The van der Waals surface area contributed by atoms with Gasteiger partial charge >= 0.3 is 0 Å². The topological polar surface area (TPSA) is 18.5 Å². The molecule has 2 aromatic carbocycles. The Kier molecular flexibility index (Phi) is 7.99. The molecule has 0 saturated heterocycles. The third kappa shape index (κ3) is 6.20. The van der Waals surface area contributed by atoms with Crippen LogP contribution in [0.15, 0.2) is 86.0 Å². The maximum atomic E-state index is 6.12. The van der Waals surface area contributed by atoms with E-state index in [0.717, 1.165) is 11.1 Å². The normalized spacial score (nSPS) is 15.8. The summed E-state index contributed by atoms with van der Waals surface area (Å²) < 4.78 is 12.2. The zero-order valence-corrected chi connectivity index (χ0v) is 15.7. The Morgan fingerprint density at radius 2 is 1.08 bits per heavy atom. The van der Waals surface area contributed by atoms with E-state index in [2.05, 4.69) is 13.2 Å². The van der Waals surface area contributed by atoms with Gasteiger partial charge in [-0.25, -0.2) is 0 Å². The van der Waals surface area contributed by atoms with Crippen LogP contribution >= 0.6 is 11.8 Å². The van der Waals surface area contributed by atoms with Gasteiger partial charge in [0.2, 0.25) is 0 Å². The average Bonchev–Trinajstić information content (AvgIpc) is 2.65. The second-order valence-corrected chi connectivity index (χ2v) is 7.28. The third-order valence-electron chi connectivity index (χ3n) is 3.74. The van der Waals surface area contributed by atoms with E-state index in [4.69, 9.17) is 9.47 Å². The minimum Gasteiger partial charge on any atom is -0.356 e. The van der Waals surface area contributed by atoms with Gasteiger partial charge in [0.1, 0.15) is 23.1 Å². The number of ether oxygens (including phenoxy) is 2. The van der Waals surface area contributed by atoms with Crippen LogP contribution in [0.5, 0.6) is 0 Å². The Morgan fingerprint density at radius 3 is 1.40 bits per heavy atom. The first-order valence-corrected chi connectivity index (χ1v) is 9.39. The number of hydrogen-bond acceptors (Lipinski definition) is 3. The fourth-order valence-corrected chi connectivity index (χ4v) is 3.48. The van der Waals surface area contributed by atoms with Crippen molar-refractivity contribution in [2.75, 3.05) is 0 Å². The highest BCUT2D eigenvalue weighted by Gasteiger charge is 2.18. The molecule has 0 aliphatic carbocycles. The molecule has 0 radical (unpaired) electrons. The second-order valence-electron chi connectivity index (χ2n) is 5.68. The molecule has 4 unspecified atom stereocenters. The van der Waals surface area contributed by atoms with Gasteiger partial charge in [0, 0.05) is 0 Å². The summed E-state index contributed by atoms with van der Waals surface area (Å²) in [5, 5.41) is 0. The summed E-state index contributed by atoms with van der Waals surface area (Å²) in [7, 11) is 0. The van der Waals surface area contributed by atoms with Crippen molar-refractivity contribution in [3.8, 4) is 0 Å². The van der Waals surface area contributed by atoms with Crippen molar-refractivity contribution in [1.29, 1.82) is 0 Å². The molecule has 0 saturated carbocycles. The molecule has 0 amide bonds. The van der Waals surface area contributed by atoms with Crippen LogP contribution in [0.2, 0.25) is 0 Å². The summed E-state index contributed by atoms with van der Waals surface area (Å²) in [6, 6.07) is 20.2. The van der Waals surface area contributed by atoms with Gasteiger partial charge in [-0.15, -0.1) is 13.2 Å². The Morgan fingerprint density at radius 1 is 0.720 bits per heavy atom. The second kappa shape index (κ2) is 10.2. The van der Waals surface area contributed by atoms with E-state index >= 15 is 0 Å². The molecule has 2 aromatic rings. The van der Waals surface area contributed by atoms with Crippen LogP contribution < -0.4 is 0 Å². The van der Waals surface area contributed by atoms with E-state index in [9.17, 15) is 0 Å². The van der Waals surface area contributed by atoms with E-state index in [1.165, 1.54) is 0 Å². The highest BCUT2D eigenvalue weighted by atomic mass is 32.2. The van der Waals surface area contributed by atoms with Gasteiger partial charge in [-0.05, 0) is 25.0 Å². The summed E-state index contributed by atoms with van der Waals surface area (Å²) in [6.07, 6.45) is 3.41. The molecule has 0 heterocycles. The predicted octanol–water partition coefficient (Wildman–Crippen LogP) is 6.30. The summed E-state index contributed by atoms with van der Waals surface area (Å²) in [5.41, 5.74) is 2.15. The Labute approximate surface area is 155 Å². The average molecular weight is 355 g/mol. The quantitative estimate of drug-likeness (QED) is 0.368. The van der Waals surface area contributed by atoms with Gasteiger partial charge in [-0.2, -0.15) is 0 Å². The van der Waals surface area contributed by atoms with Gasteiger partial charge in [-0.3, -0.25) is 0 Å². The van der Waals surface area contributed by atoms with Crippen LogP contribution in [0.1, 0.15) is 37.2 Å². The molecule has 0 N–H and O–H groups in total. The first-order valence-electron chi connectivity index (χ1n) is 8.45. The third-order valence-corrected chi connectivity index (χ3v) is 4.73. The molecule has 2 rings (SSSR count). The Hall–Kier alpha value is -1.81. The number of hydrogen-bond donors (Lipinski definition) is 0. The summed E-state index contributed by atoms with van der Waals surface area (Å²) in [4.78, 5) is 0. The molecule has 0 aliphatic rings. The van der Waals surface area contributed by atoms with Crippen LogP contribution in [0.3, 0.4) is 0 Å². The first-order chi connectivity index (χ1) is 12.1. The SMILES string of the molecule is C=CC(OC(C)SC(C)OC(C=C)c1ccccc1)c1ccccc1. The maximum Gasteiger partial charge on any atom is 0.104 e. The smallest absolute Gasteiger partial charge is 0.104 e. The molecule has 25 heavy (non-hydrogen) atoms. The molecule has 0 fully saturated rings. The van der Waals surface area contributed by atoms with Crippen molar-refractivity contribution in [2.24, 2.45) is 0 Å². The van der Waals surface area contributed by atoms with Gasteiger partial charge in [-0.1, -0.05) is 84.6 Å². The summed E-state index contributed by atoms with van der Waals surface area (Å²) in [5.74, 6) is 0. The van der Waals surface area contributed by atoms with E-state index < -0.39 is 0 Å². The molecule has 132 valence electrons. The monoisotopic (exact) mass is 354 g/mol. The summed E-state index contributed by atoms with van der Waals surface area (Å²) in [6.45, 7) is 11.9. The lowest BCUT2D eigenvalue weighted by Crippen LogP contribution is -2.16. The van der Waals surface area contributed by atoms with E-state index in [0.29, 0.717) is 0 Å². The molecule has 0 aliphatic heterocycles. The van der Waals surface area contributed by atoms with Gasteiger partial charge in [0.15, 0.2) is 0 Å². The number of rotatable bonds is 10. The van der Waals surface area contributed by atoms with Crippen molar-refractivity contribution in [3.05, 3.63) is 97.1 Å². The number of benzene rings is 2. The summed E-state index contributed by atoms with van der Waals surface area (Å²) >= 11 is 1.64. The highest BCUT2D eigenvalue weighted by Crippen LogP contribution is 2.30. The van der Waals surface area contributed by atoms with Crippen LogP contribution in [-0.2, 0) is 9.47 Å². The lowest BCUT2D eigenvalue weighted by Gasteiger charge is -2.25. The number of thioether (sulfide) groups is 1. The van der Waals surface area contributed by atoms with Crippen molar-refractivity contribution in [1.82, 2.24) is 0 Å². The van der Waals surface area contributed by atoms with Crippen LogP contribution in [0, 0.1) is 0 Å². The highest BCUT2D eigenvalue weighted by molar-refractivity contribution is 8.00. The van der Waals surface area contributed by atoms with E-state index in [1.54, 1.807) is 11.8 Å². The van der Waals surface area contributed by atoms with Gasteiger partial charge in [0.05, 0.1) is 0 Å². The molecule has 0 aromatic heterocycles. The van der Waals surface area contributed by atoms with E-state index in [-0.39, 0.29) is 23.1 Å². The fraction of sp³-hybridized carbons (Fsp3) is 0.273. The van der Waals surface area contributed by atoms with Crippen molar-refractivity contribution >= 4 is 11.8 Å². The molecule has 2 nitrogen and oxygen atoms in total. The van der Waals surface area contributed by atoms with Crippen molar-refractivity contribution < 1.29 is 9.47 Å². The van der Waals surface area contributed by atoms with E-state index in [1.807, 2.05) is 86.7 Å². The Bertz CT molecular complexity index is 584. The lowest BCUT2D eigenvalue weighted by molar-refractivity contribution is 0.0575. The predicted molar refractivity (Wildman–Crippen MR) is 107 cm³/mol. The molecule has 0 bridgehead atoms. The first kappa shape index (κ1) is 19.5. The van der Waals surface area contributed by atoms with Crippen LogP contribution in [0.25, 0.3) is 0 Å². The zero-order valence-electron chi connectivity index (χ0n) is 14.9.